The molecule has 0 atom stereocenters. The normalized spacial score (nSPS) is 16.4. The molecule has 1 N–H and O–H groups in total. The van der Waals surface area contributed by atoms with Crippen LogP contribution < -0.4 is 0 Å². The predicted octanol–water partition coefficient (Wildman–Crippen LogP) is 4.83. The van der Waals surface area contributed by atoms with Gasteiger partial charge in [-0.25, -0.2) is 18.7 Å². The van der Waals surface area contributed by atoms with Crippen LogP contribution in [-0.4, -0.2) is 44.3 Å². The van der Waals surface area contributed by atoms with E-state index >= 15 is 0 Å². The molecule has 0 radical (unpaired) electrons. The van der Waals surface area contributed by atoms with Gasteiger partial charge in [-0.2, -0.15) is 0 Å². The van der Waals surface area contributed by atoms with Crippen molar-refractivity contribution in [3.8, 4) is 0 Å². The van der Waals surface area contributed by atoms with E-state index in [0.717, 1.165) is 29.6 Å². The van der Waals surface area contributed by atoms with E-state index in [1.807, 2.05) is 31.5 Å². The summed E-state index contributed by atoms with van der Waals surface area (Å²) in [5, 5.41) is 3.23. The fourth-order valence-corrected chi connectivity index (χ4v) is 4.25. The van der Waals surface area contributed by atoms with Crippen molar-refractivity contribution in [1.29, 1.82) is 0 Å². The molecule has 4 rings (SSSR count). The number of hydrogen-bond acceptors (Lipinski definition) is 3. The summed E-state index contributed by atoms with van der Waals surface area (Å²) >= 11 is 3.42. The Kier molecular flexibility index (Phi) is 4.41. The largest absolute Gasteiger partial charge is 0.444 e. The van der Waals surface area contributed by atoms with Crippen LogP contribution in [0.25, 0.3) is 16.7 Å². The van der Waals surface area contributed by atoms with E-state index in [4.69, 9.17) is 4.74 Å². The number of amides is 1. The Morgan fingerprint density at radius 1 is 1.33 bits per heavy atom. The van der Waals surface area contributed by atoms with Crippen molar-refractivity contribution in [2.24, 2.45) is 0 Å². The molecule has 1 aromatic carbocycles. The fourth-order valence-electron chi connectivity index (χ4n) is 3.65. The van der Waals surface area contributed by atoms with Gasteiger partial charge in [0.2, 0.25) is 0 Å². The molecule has 6 nitrogen and oxygen atoms in total. The van der Waals surface area contributed by atoms with Crippen molar-refractivity contribution < 1.29 is 13.9 Å². The van der Waals surface area contributed by atoms with Gasteiger partial charge >= 0.3 is 6.09 Å². The van der Waals surface area contributed by atoms with Crippen molar-refractivity contribution in [1.82, 2.24) is 19.5 Å². The van der Waals surface area contributed by atoms with Crippen molar-refractivity contribution in [3.63, 3.8) is 0 Å². The van der Waals surface area contributed by atoms with Gasteiger partial charge in [-0.15, -0.1) is 0 Å². The number of imidazole rings is 1. The maximum atomic E-state index is 13.7. The predicted molar refractivity (Wildman–Crippen MR) is 104 cm³/mol. The Morgan fingerprint density at radius 2 is 2.04 bits per heavy atom. The first kappa shape index (κ1) is 18.3. The van der Waals surface area contributed by atoms with E-state index in [1.165, 1.54) is 12.1 Å². The molecular formula is C19H22BrFN4O2. The van der Waals surface area contributed by atoms with Crippen molar-refractivity contribution in [3.05, 3.63) is 34.2 Å². The molecule has 1 aliphatic heterocycles. The number of carbonyl (C=O) groups excluding carboxylic acids is 1. The van der Waals surface area contributed by atoms with Crippen LogP contribution in [0.5, 0.6) is 0 Å². The molecule has 1 amide bonds. The van der Waals surface area contributed by atoms with E-state index in [0.29, 0.717) is 23.1 Å². The molecule has 2 aromatic heterocycles. The summed E-state index contributed by atoms with van der Waals surface area (Å²) in [6.07, 6.45) is 3.38. The lowest BCUT2D eigenvalue weighted by atomic mass is 9.91. The minimum atomic E-state index is -0.487. The minimum Gasteiger partial charge on any atom is -0.444 e. The number of benzene rings is 1. The quantitative estimate of drug-likeness (QED) is 0.593. The Morgan fingerprint density at radius 3 is 2.70 bits per heavy atom. The first-order valence-corrected chi connectivity index (χ1v) is 9.84. The lowest BCUT2D eigenvalue weighted by Crippen LogP contribution is -2.41. The fraction of sp³-hybridized carbons (Fsp3) is 0.474. The lowest BCUT2D eigenvalue weighted by molar-refractivity contribution is 0.0205. The molecule has 1 fully saturated rings. The zero-order valence-electron chi connectivity index (χ0n) is 15.6. The van der Waals surface area contributed by atoms with E-state index in [2.05, 4.69) is 26.0 Å². The number of likely N-dealkylation sites (tertiary alicyclic amines) is 1. The molecule has 0 unspecified atom stereocenters. The van der Waals surface area contributed by atoms with E-state index < -0.39 is 5.60 Å². The van der Waals surface area contributed by atoms with Crippen molar-refractivity contribution in [2.75, 3.05) is 13.1 Å². The summed E-state index contributed by atoms with van der Waals surface area (Å²) < 4.78 is 21.7. The number of nitrogens with zero attached hydrogens (tertiary/aromatic N) is 3. The van der Waals surface area contributed by atoms with Gasteiger partial charge in [0.15, 0.2) is 5.65 Å². The molecule has 8 heteroatoms. The number of halogens is 2. The van der Waals surface area contributed by atoms with Crippen LogP contribution in [0, 0.1) is 5.82 Å². The van der Waals surface area contributed by atoms with Crippen molar-refractivity contribution in [2.45, 2.75) is 45.1 Å². The topological polar surface area (TPSA) is 62.6 Å². The van der Waals surface area contributed by atoms with Gasteiger partial charge in [0.05, 0.1) is 5.52 Å². The van der Waals surface area contributed by atoms with Gasteiger partial charge in [0.1, 0.15) is 16.9 Å². The third-order valence-electron chi connectivity index (χ3n) is 4.86. The summed E-state index contributed by atoms with van der Waals surface area (Å²) in [5.41, 5.74) is 2.86. The second kappa shape index (κ2) is 6.51. The number of ether oxygens (including phenoxy) is 1. The van der Waals surface area contributed by atoms with Crippen LogP contribution in [0.15, 0.2) is 22.8 Å². The van der Waals surface area contributed by atoms with Crippen LogP contribution >= 0.6 is 15.9 Å². The Bertz CT molecular complexity index is 1010. The average Bonchev–Trinajstić information content (AvgIpc) is 3.11. The maximum absolute atomic E-state index is 13.7. The molecule has 144 valence electrons. The number of H-pyrrole nitrogens is 1. The Labute approximate surface area is 164 Å². The molecule has 3 heterocycles. The molecule has 27 heavy (non-hydrogen) atoms. The number of fused-ring (bicyclic) bond motifs is 3. The molecular weight excluding hydrogens is 415 g/mol. The highest BCUT2D eigenvalue weighted by molar-refractivity contribution is 9.10. The number of aromatic nitrogens is 3. The van der Waals surface area contributed by atoms with Crippen molar-refractivity contribution >= 4 is 38.7 Å². The number of rotatable bonds is 1. The van der Waals surface area contributed by atoms with Crippen LogP contribution in [-0.2, 0) is 4.74 Å². The highest BCUT2D eigenvalue weighted by Gasteiger charge is 2.29. The van der Waals surface area contributed by atoms with E-state index in [-0.39, 0.29) is 17.8 Å². The number of hydrogen-bond donors (Lipinski definition) is 1. The number of nitrogens with one attached hydrogen (secondary N) is 1. The van der Waals surface area contributed by atoms with E-state index in [9.17, 15) is 9.18 Å². The molecule has 0 spiro atoms. The van der Waals surface area contributed by atoms with Gasteiger partial charge in [-0.1, -0.05) is 0 Å². The summed E-state index contributed by atoms with van der Waals surface area (Å²) in [7, 11) is 0. The van der Waals surface area contributed by atoms with Gasteiger partial charge in [-0.3, -0.25) is 5.10 Å². The molecule has 1 aliphatic rings. The second-order valence-corrected chi connectivity index (χ2v) is 8.85. The standard InChI is InChI=1S/C19H22BrFN4O2/c1-19(2,3)27-18(26)24-6-4-11(5-7-24)13-10-22-25-16-14(20)8-12(21)9-15(16)23-17(13)25/h8-11,22H,4-7H2,1-3H3. The molecule has 0 saturated carbocycles. The lowest BCUT2D eigenvalue weighted by Gasteiger charge is -2.33. The second-order valence-electron chi connectivity index (χ2n) is 8.00. The summed E-state index contributed by atoms with van der Waals surface area (Å²) in [6, 6.07) is 2.88. The van der Waals surface area contributed by atoms with Crippen LogP contribution in [0.2, 0.25) is 0 Å². The van der Waals surface area contributed by atoms with Gasteiger partial charge in [0, 0.05) is 35.4 Å². The zero-order chi connectivity index (χ0) is 19.3. The van der Waals surface area contributed by atoms with Crippen LogP contribution in [0.3, 0.4) is 0 Å². The Hall–Kier alpha value is -2.09. The first-order valence-electron chi connectivity index (χ1n) is 9.05. The minimum absolute atomic E-state index is 0.258. The summed E-state index contributed by atoms with van der Waals surface area (Å²) in [4.78, 5) is 18.6. The van der Waals surface area contributed by atoms with Gasteiger partial charge in [0.25, 0.3) is 0 Å². The van der Waals surface area contributed by atoms with Gasteiger partial charge in [-0.05, 0) is 61.5 Å². The number of carbonyl (C=O) groups is 1. The number of aromatic amines is 1. The molecule has 3 aromatic rings. The maximum Gasteiger partial charge on any atom is 0.410 e. The SMILES string of the molecule is CC(C)(C)OC(=O)N1CCC(c2c[nH]n3c2nc2cc(F)cc(Br)c23)CC1. The third-order valence-corrected chi connectivity index (χ3v) is 5.47. The zero-order valence-corrected chi connectivity index (χ0v) is 17.1. The Balaban J connectivity index is 1.56. The highest BCUT2D eigenvalue weighted by Crippen LogP contribution is 2.34. The van der Waals surface area contributed by atoms with Gasteiger partial charge < -0.3 is 9.64 Å². The van der Waals surface area contributed by atoms with Crippen LogP contribution in [0.4, 0.5) is 9.18 Å². The first-order chi connectivity index (χ1) is 12.7. The highest BCUT2D eigenvalue weighted by atomic mass is 79.9. The van der Waals surface area contributed by atoms with E-state index in [1.54, 1.807) is 4.90 Å². The average molecular weight is 437 g/mol. The smallest absolute Gasteiger partial charge is 0.410 e. The monoisotopic (exact) mass is 436 g/mol. The molecule has 0 bridgehead atoms. The summed E-state index contributed by atoms with van der Waals surface area (Å²) in [6.45, 7) is 6.92. The summed E-state index contributed by atoms with van der Waals surface area (Å²) in [5.74, 6) is -0.0276. The molecule has 0 aliphatic carbocycles. The molecule has 1 saturated heterocycles. The van der Waals surface area contributed by atoms with Crippen LogP contribution in [0.1, 0.15) is 45.1 Å². The number of piperidine rings is 1. The third kappa shape index (κ3) is 3.42.